The molecule has 0 spiro atoms. The molecule has 0 radical (unpaired) electrons. The van der Waals surface area contributed by atoms with Gasteiger partial charge in [0.05, 0.1) is 38.6 Å². The molecule has 0 aromatic carbocycles. The van der Waals surface area contributed by atoms with Crippen LogP contribution >= 0.6 is 0 Å². The van der Waals surface area contributed by atoms with E-state index in [4.69, 9.17) is 28.4 Å². The molecule has 1 amide bonds. The van der Waals surface area contributed by atoms with E-state index in [9.17, 15) is 61.0 Å². The lowest BCUT2D eigenvalue weighted by atomic mass is 9.96. The fourth-order valence-electron chi connectivity index (χ4n) is 12.3. The van der Waals surface area contributed by atoms with Crippen LogP contribution < -0.4 is 5.32 Å². The van der Waals surface area contributed by atoms with Crippen LogP contribution in [0.4, 0.5) is 0 Å². The SMILES string of the molecule is CCCCCCCCCCCCCCCCCCCCCCCCCCCCCCCCCC(O)C(COC1OC(CO)C(OC2OC(CO)C(OC3OC(CO)C(O)C(O)C3O)C(O)C2O)C(O)C1O)NC(=O)CCCCCCCCCCC. The van der Waals surface area contributed by atoms with Crippen molar-refractivity contribution in [2.45, 2.75) is 388 Å². The van der Waals surface area contributed by atoms with Crippen LogP contribution in [-0.4, -0.2) is 193 Å². The maximum atomic E-state index is 13.3. The van der Waals surface area contributed by atoms with E-state index in [-0.39, 0.29) is 18.9 Å². The lowest BCUT2D eigenvalue weighted by molar-refractivity contribution is -0.379. The van der Waals surface area contributed by atoms with Gasteiger partial charge < -0.3 is 89.9 Å². The Hall–Kier alpha value is -1.21. The minimum Gasteiger partial charge on any atom is -0.394 e. The Morgan fingerprint density at radius 2 is 0.671 bits per heavy atom. The zero-order chi connectivity index (χ0) is 61.9. The summed E-state index contributed by atoms with van der Waals surface area (Å²) in [7, 11) is 0. The van der Waals surface area contributed by atoms with Crippen LogP contribution in [0.25, 0.3) is 0 Å². The Kier molecular flexibility index (Phi) is 45.4. The first-order valence-corrected chi connectivity index (χ1v) is 34.8. The van der Waals surface area contributed by atoms with Crippen molar-refractivity contribution in [3.8, 4) is 0 Å². The van der Waals surface area contributed by atoms with E-state index in [0.29, 0.717) is 12.8 Å². The van der Waals surface area contributed by atoms with E-state index in [0.717, 1.165) is 44.9 Å². The van der Waals surface area contributed by atoms with Gasteiger partial charge in [-0.1, -0.05) is 264 Å². The zero-order valence-electron chi connectivity index (χ0n) is 53.1. The van der Waals surface area contributed by atoms with Crippen molar-refractivity contribution in [3.63, 3.8) is 0 Å². The molecule has 19 nitrogen and oxygen atoms in total. The fraction of sp³-hybridized carbons (Fsp3) is 0.985. The molecule has 3 saturated heterocycles. The maximum absolute atomic E-state index is 13.3. The largest absolute Gasteiger partial charge is 0.394 e. The molecule has 85 heavy (non-hydrogen) atoms. The van der Waals surface area contributed by atoms with E-state index in [1.807, 2.05) is 0 Å². The molecular formula is C66H127NO18. The van der Waals surface area contributed by atoms with Crippen molar-refractivity contribution in [3.05, 3.63) is 0 Å². The molecular weight excluding hydrogens is 1090 g/mol. The van der Waals surface area contributed by atoms with Crippen LogP contribution in [0.1, 0.15) is 284 Å². The maximum Gasteiger partial charge on any atom is 0.220 e. The highest BCUT2D eigenvalue weighted by atomic mass is 16.8. The molecule has 0 aromatic rings. The smallest absolute Gasteiger partial charge is 0.220 e. The molecule has 504 valence electrons. The van der Waals surface area contributed by atoms with Crippen molar-refractivity contribution >= 4 is 5.91 Å². The van der Waals surface area contributed by atoms with Crippen molar-refractivity contribution in [1.82, 2.24) is 5.32 Å². The number of hydrogen-bond donors (Lipinski definition) is 12. The molecule has 3 heterocycles. The minimum absolute atomic E-state index is 0.242. The summed E-state index contributed by atoms with van der Waals surface area (Å²) in [6, 6.07) is -0.880. The number of nitrogens with one attached hydrogen (secondary N) is 1. The van der Waals surface area contributed by atoms with Gasteiger partial charge in [-0.25, -0.2) is 0 Å². The Morgan fingerprint density at radius 3 is 1.02 bits per heavy atom. The Labute approximate surface area is 513 Å². The highest BCUT2D eigenvalue weighted by molar-refractivity contribution is 5.76. The summed E-state index contributed by atoms with van der Waals surface area (Å²) in [6.45, 7) is 1.80. The quantitative estimate of drug-likeness (QED) is 0.0253. The number of carbonyl (C=O) groups is 1. The molecule has 0 saturated carbocycles. The van der Waals surface area contributed by atoms with Crippen molar-refractivity contribution in [2.24, 2.45) is 0 Å². The first-order chi connectivity index (χ1) is 41.3. The topological polar surface area (TPSA) is 307 Å². The third-order valence-corrected chi connectivity index (χ3v) is 17.9. The number of rotatable bonds is 54. The van der Waals surface area contributed by atoms with Gasteiger partial charge in [0.2, 0.25) is 5.91 Å². The molecule has 0 bridgehead atoms. The third kappa shape index (κ3) is 32.1. The Balaban J connectivity index is 1.34. The molecule has 17 atom stereocenters. The van der Waals surface area contributed by atoms with Gasteiger partial charge in [0.25, 0.3) is 0 Å². The number of aliphatic hydroxyl groups is 11. The van der Waals surface area contributed by atoms with Crippen molar-refractivity contribution in [1.29, 1.82) is 0 Å². The first-order valence-electron chi connectivity index (χ1n) is 34.8. The average molecular weight is 1220 g/mol. The summed E-state index contributed by atoms with van der Waals surface area (Å²) in [4.78, 5) is 13.3. The third-order valence-electron chi connectivity index (χ3n) is 17.9. The molecule has 3 rings (SSSR count). The molecule has 3 fully saturated rings. The van der Waals surface area contributed by atoms with E-state index in [1.54, 1.807) is 0 Å². The van der Waals surface area contributed by atoms with Gasteiger partial charge in [-0.05, 0) is 12.8 Å². The van der Waals surface area contributed by atoms with Crippen molar-refractivity contribution in [2.75, 3.05) is 26.4 Å². The van der Waals surface area contributed by atoms with Gasteiger partial charge in [0.15, 0.2) is 18.9 Å². The second kappa shape index (κ2) is 49.5. The van der Waals surface area contributed by atoms with Gasteiger partial charge in [0.1, 0.15) is 73.2 Å². The summed E-state index contributed by atoms with van der Waals surface area (Å²) < 4.78 is 34.3. The molecule has 3 aliphatic heterocycles. The predicted octanol–water partition coefficient (Wildman–Crippen LogP) is 8.72. The van der Waals surface area contributed by atoms with E-state index >= 15 is 0 Å². The van der Waals surface area contributed by atoms with Gasteiger partial charge in [-0.2, -0.15) is 0 Å². The van der Waals surface area contributed by atoms with Gasteiger partial charge >= 0.3 is 0 Å². The Morgan fingerprint density at radius 1 is 0.376 bits per heavy atom. The lowest BCUT2D eigenvalue weighted by Crippen LogP contribution is -2.66. The normalized spacial score (nSPS) is 28.9. The first kappa shape index (κ1) is 78.0. The van der Waals surface area contributed by atoms with E-state index < -0.39 is 124 Å². The monoisotopic (exact) mass is 1220 g/mol. The van der Waals surface area contributed by atoms with Crippen LogP contribution in [0.3, 0.4) is 0 Å². The van der Waals surface area contributed by atoms with Crippen LogP contribution in [0.15, 0.2) is 0 Å². The van der Waals surface area contributed by atoms with Crippen LogP contribution in [0.5, 0.6) is 0 Å². The highest BCUT2D eigenvalue weighted by Gasteiger charge is 2.53. The zero-order valence-corrected chi connectivity index (χ0v) is 53.1. The van der Waals surface area contributed by atoms with Gasteiger partial charge in [-0.3, -0.25) is 4.79 Å². The van der Waals surface area contributed by atoms with E-state index in [1.165, 1.54) is 205 Å². The second-order valence-corrected chi connectivity index (χ2v) is 25.4. The van der Waals surface area contributed by atoms with Crippen LogP contribution in [0.2, 0.25) is 0 Å². The second-order valence-electron chi connectivity index (χ2n) is 25.4. The summed E-state index contributed by atoms with van der Waals surface area (Å²) in [5.41, 5.74) is 0. The van der Waals surface area contributed by atoms with Crippen LogP contribution in [-0.2, 0) is 33.2 Å². The molecule has 3 aliphatic rings. The van der Waals surface area contributed by atoms with Gasteiger partial charge in [0, 0.05) is 6.42 Å². The number of carbonyl (C=O) groups excluding carboxylic acids is 1. The standard InChI is InChI=1S/C66H127NO18/c1-3-5-7-9-11-13-14-15-16-17-18-19-20-21-22-23-24-25-26-27-28-29-30-31-32-33-34-36-37-39-41-43-50(71)49(67-54(72)44-42-40-38-35-12-10-8-6-4-2)48-80-64-60(78)57(75)62(52(46-69)82-64)85-66-61(79)58(76)63(53(47-70)83-66)84-65-59(77)56(74)55(73)51(45-68)81-65/h49-53,55-66,68-71,73-79H,3-48H2,1-2H3,(H,67,72). The molecule has 19 heteroatoms. The number of amides is 1. The molecule has 17 unspecified atom stereocenters. The lowest BCUT2D eigenvalue weighted by Gasteiger charge is -2.48. The Bertz CT molecular complexity index is 1550. The van der Waals surface area contributed by atoms with Crippen LogP contribution in [0, 0.1) is 0 Å². The average Bonchev–Trinajstić information content (AvgIpc) is 3.50. The van der Waals surface area contributed by atoms with E-state index in [2.05, 4.69) is 19.2 Å². The number of unbranched alkanes of at least 4 members (excludes halogenated alkanes) is 38. The summed E-state index contributed by atoms with van der Waals surface area (Å²) >= 11 is 0. The van der Waals surface area contributed by atoms with Crippen molar-refractivity contribution < 1.29 is 89.4 Å². The molecule has 0 aliphatic carbocycles. The molecule has 0 aromatic heterocycles. The number of hydrogen-bond acceptors (Lipinski definition) is 18. The summed E-state index contributed by atoms with van der Waals surface area (Å²) in [5.74, 6) is -0.242. The van der Waals surface area contributed by atoms with Gasteiger partial charge in [-0.15, -0.1) is 0 Å². The highest BCUT2D eigenvalue weighted by Crippen LogP contribution is 2.33. The number of ether oxygens (including phenoxy) is 6. The summed E-state index contributed by atoms with van der Waals surface area (Å²) in [6.07, 6.45) is 25.2. The fourth-order valence-corrected chi connectivity index (χ4v) is 12.3. The minimum atomic E-state index is -1.97. The number of aliphatic hydroxyl groups excluding tert-OH is 11. The predicted molar refractivity (Wildman–Crippen MR) is 328 cm³/mol. The molecule has 12 N–H and O–H groups in total. The summed E-state index contributed by atoms with van der Waals surface area (Å²) in [5, 5.41) is 120.